The smallest absolute Gasteiger partial charge is 0.279 e. The van der Waals surface area contributed by atoms with Crippen LogP contribution in [0.15, 0.2) is 66.7 Å². The number of nitrogens with one attached hydrogen (secondary N) is 3. The molecule has 0 saturated heterocycles. The number of para-hydroxylation sites is 1. The van der Waals surface area contributed by atoms with Gasteiger partial charge in [-0.25, -0.2) is 4.39 Å². The van der Waals surface area contributed by atoms with Crippen LogP contribution in [0, 0.1) is 5.82 Å². The highest BCUT2D eigenvalue weighted by atomic mass is 19.1. The summed E-state index contributed by atoms with van der Waals surface area (Å²) >= 11 is 0. The Balaban J connectivity index is 1.48. The first-order valence-electron chi connectivity index (χ1n) is 10.1. The van der Waals surface area contributed by atoms with Gasteiger partial charge < -0.3 is 10.1 Å². The average Bonchev–Trinajstić information content (AvgIpc) is 2.78. The topological polar surface area (TPSA) is 96.5 Å². The van der Waals surface area contributed by atoms with Gasteiger partial charge in [-0.3, -0.25) is 25.2 Å². The minimum atomic E-state index is -1.05. The summed E-state index contributed by atoms with van der Waals surface area (Å²) in [4.78, 5) is 36.8. The van der Waals surface area contributed by atoms with Crippen molar-refractivity contribution in [2.75, 3.05) is 0 Å². The first-order valence-corrected chi connectivity index (χ1v) is 10.1. The lowest BCUT2D eigenvalue weighted by atomic mass is 10.0. The van der Waals surface area contributed by atoms with E-state index in [-0.39, 0.29) is 18.1 Å². The van der Waals surface area contributed by atoms with Crippen molar-refractivity contribution in [3.8, 4) is 5.75 Å². The number of amides is 3. The van der Waals surface area contributed by atoms with E-state index in [4.69, 9.17) is 4.74 Å². The molecule has 32 heavy (non-hydrogen) atoms. The van der Waals surface area contributed by atoms with E-state index in [1.54, 1.807) is 6.07 Å². The second-order valence-electron chi connectivity index (χ2n) is 7.27. The molecule has 0 saturated carbocycles. The number of hydrogen-bond acceptors (Lipinski definition) is 4. The standard InChI is InChI=1S/C24H24FN3O4/c1-15(26-22(29)14-18-10-7-9-17-8-3-4-11-19(17)18)23(30)27-28-24(31)16(2)32-21-13-6-5-12-20(21)25/h3-13,15-16H,14H2,1-2H3,(H,26,29)(H,27,30)(H,28,31)/t15-,16?/m0/s1. The third kappa shape index (κ3) is 5.81. The lowest BCUT2D eigenvalue weighted by Crippen LogP contribution is -2.53. The Hall–Kier alpha value is -3.94. The Morgan fingerprint density at radius 2 is 1.53 bits per heavy atom. The molecular formula is C24H24FN3O4. The first-order chi connectivity index (χ1) is 15.3. The van der Waals surface area contributed by atoms with Gasteiger partial charge in [0.25, 0.3) is 11.8 Å². The molecule has 3 rings (SSSR count). The van der Waals surface area contributed by atoms with Crippen LogP contribution >= 0.6 is 0 Å². The maximum Gasteiger partial charge on any atom is 0.279 e. The van der Waals surface area contributed by atoms with E-state index in [0.29, 0.717) is 0 Å². The van der Waals surface area contributed by atoms with Gasteiger partial charge in [0.2, 0.25) is 5.91 Å². The normalized spacial score (nSPS) is 12.5. The van der Waals surface area contributed by atoms with Crippen molar-refractivity contribution in [1.82, 2.24) is 16.2 Å². The van der Waals surface area contributed by atoms with Gasteiger partial charge >= 0.3 is 0 Å². The van der Waals surface area contributed by atoms with Crippen LogP contribution in [0.25, 0.3) is 10.8 Å². The highest BCUT2D eigenvalue weighted by molar-refractivity contribution is 5.93. The molecule has 0 aliphatic carbocycles. The molecule has 0 heterocycles. The second kappa shape index (κ2) is 10.4. The molecule has 0 radical (unpaired) electrons. The van der Waals surface area contributed by atoms with Crippen molar-refractivity contribution >= 4 is 28.5 Å². The molecule has 3 amide bonds. The summed E-state index contributed by atoms with van der Waals surface area (Å²) in [6.45, 7) is 2.92. The van der Waals surface area contributed by atoms with Crippen LogP contribution in [0.2, 0.25) is 0 Å². The van der Waals surface area contributed by atoms with Gasteiger partial charge in [0.1, 0.15) is 6.04 Å². The monoisotopic (exact) mass is 437 g/mol. The molecular weight excluding hydrogens is 413 g/mol. The molecule has 8 heteroatoms. The molecule has 3 aromatic carbocycles. The predicted molar refractivity (Wildman–Crippen MR) is 118 cm³/mol. The Kier molecular flexibility index (Phi) is 7.38. The Morgan fingerprint density at radius 3 is 2.31 bits per heavy atom. The zero-order valence-electron chi connectivity index (χ0n) is 17.7. The number of rotatable bonds is 7. The summed E-state index contributed by atoms with van der Waals surface area (Å²) in [6, 6.07) is 18.2. The van der Waals surface area contributed by atoms with Crippen LogP contribution in [0.5, 0.6) is 5.75 Å². The number of hydrazine groups is 1. The van der Waals surface area contributed by atoms with Gasteiger partial charge in [0.05, 0.1) is 6.42 Å². The minimum absolute atomic E-state index is 0.0736. The van der Waals surface area contributed by atoms with Crippen LogP contribution in [0.3, 0.4) is 0 Å². The molecule has 0 fully saturated rings. The zero-order valence-corrected chi connectivity index (χ0v) is 17.7. The van der Waals surface area contributed by atoms with E-state index >= 15 is 0 Å². The van der Waals surface area contributed by atoms with Gasteiger partial charge in [-0.05, 0) is 42.3 Å². The van der Waals surface area contributed by atoms with Gasteiger partial charge in [0, 0.05) is 0 Å². The highest BCUT2D eigenvalue weighted by Crippen LogP contribution is 2.19. The van der Waals surface area contributed by atoms with E-state index in [1.807, 2.05) is 42.5 Å². The van der Waals surface area contributed by atoms with E-state index in [9.17, 15) is 18.8 Å². The number of carbonyl (C=O) groups is 3. The first kappa shape index (κ1) is 22.7. The summed E-state index contributed by atoms with van der Waals surface area (Å²) < 4.78 is 18.9. The van der Waals surface area contributed by atoms with Crippen molar-refractivity contribution in [2.24, 2.45) is 0 Å². The van der Waals surface area contributed by atoms with Crippen molar-refractivity contribution in [2.45, 2.75) is 32.4 Å². The summed E-state index contributed by atoms with van der Waals surface area (Å²) in [7, 11) is 0. The van der Waals surface area contributed by atoms with E-state index in [0.717, 1.165) is 16.3 Å². The van der Waals surface area contributed by atoms with Crippen molar-refractivity contribution in [3.05, 3.63) is 78.1 Å². The lowest BCUT2D eigenvalue weighted by Gasteiger charge is -2.18. The fourth-order valence-corrected chi connectivity index (χ4v) is 3.10. The van der Waals surface area contributed by atoms with Crippen LogP contribution in [-0.2, 0) is 20.8 Å². The van der Waals surface area contributed by atoms with Gasteiger partial charge in [-0.15, -0.1) is 0 Å². The van der Waals surface area contributed by atoms with Gasteiger partial charge in [0.15, 0.2) is 17.7 Å². The summed E-state index contributed by atoms with van der Waals surface area (Å²) in [5, 5.41) is 4.61. The number of fused-ring (bicyclic) bond motifs is 1. The second-order valence-corrected chi connectivity index (χ2v) is 7.27. The SMILES string of the molecule is CC(Oc1ccccc1F)C(=O)NNC(=O)[C@H](C)NC(=O)Cc1cccc2ccccc12. The molecule has 0 bridgehead atoms. The fourth-order valence-electron chi connectivity index (χ4n) is 3.10. The summed E-state index contributed by atoms with van der Waals surface area (Å²) in [5.41, 5.74) is 5.30. The predicted octanol–water partition coefficient (Wildman–Crippen LogP) is 2.64. The van der Waals surface area contributed by atoms with Crippen LogP contribution in [-0.4, -0.2) is 29.9 Å². The summed E-state index contributed by atoms with van der Waals surface area (Å²) in [6.07, 6.45) is -0.942. The van der Waals surface area contributed by atoms with Gasteiger partial charge in [-0.2, -0.15) is 0 Å². The van der Waals surface area contributed by atoms with Gasteiger partial charge in [-0.1, -0.05) is 54.6 Å². The number of hydrogen-bond donors (Lipinski definition) is 3. The Bertz CT molecular complexity index is 1130. The van der Waals surface area contributed by atoms with E-state index in [1.165, 1.54) is 32.0 Å². The third-order valence-electron chi connectivity index (χ3n) is 4.82. The average molecular weight is 437 g/mol. The minimum Gasteiger partial charge on any atom is -0.478 e. The van der Waals surface area contributed by atoms with Crippen LogP contribution < -0.4 is 20.9 Å². The maximum atomic E-state index is 13.6. The van der Waals surface area contributed by atoms with Crippen LogP contribution in [0.1, 0.15) is 19.4 Å². The maximum absolute atomic E-state index is 13.6. The lowest BCUT2D eigenvalue weighted by molar-refractivity contribution is -0.134. The third-order valence-corrected chi connectivity index (χ3v) is 4.82. The van der Waals surface area contributed by atoms with Crippen LogP contribution in [0.4, 0.5) is 4.39 Å². The fraction of sp³-hybridized carbons (Fsp3) is 0.208. The molecule has 7 nitrogen and oxygen atoms in total. The molecule has 166 valence electrons. The molecule has 3 aromatic rings. The number of ether oxygens (including phenoxy) is 1. The molecule has 3 N–H and O–H groups in total. The molecule has 0 aromatic heterocycles. The number of carbonyl (C=O) groups excluding carboxylic acids is 3. The Labute approximate surface area is 184 Å². The highest BCUT2D eigenvalue weighted by Gasteiger charge is 2.20. The molecule has 1 unspecified atom stereocenters. The molecule has 0 aliphatic rings. The Morgan fingerprint density at radius 1 is 0.875 bits per heavy atom. The molecule has 0 aliphatic heterocycles. The quantitative estimate of drug-likeness (QED) is 0.495. The molecule has 0 spiro atoms. The summed E-state index contributed by atoms with van der Waals surface area (Å²) in [5.74, 6) is -2.28. The largest absolute Gasteiger partial charge is 0.478 e. The van der Waals surface area contributed by atoms with E-state index in [2.05, 4.69) is 16.2 Å². The van der Waals surface area contributed by atoms with E-state index < -0.39 is 29.8 Å². The number of halogens is 1. The molecule has 2 atom stereocenters. The van der Waals surface area contributed by atoms with Crippen molar-refractivity contribution in [1.29, 1.82) is 0 Å². The zero-order chi connectivity index (χ0) is 23.1. The van der Waals surface area contributed by atoms with Crippen molar-refractivity contribution < 1.29 is 23.5 Å². The number of benzene rings is 3. The van der Waals surface area contributed by atoms with Crippen molar-refractivity contribution in [3.63, 3.8) is 0 Å².